The number of rotatable bonds is 6. The number of anilines is 2. The van der Waals surface area contributed by atoms with Crippen molar-refractivity contribution in [1.29, 1.82) is 0 Å². The Kier molecular flexibility index (Phi) is 6.91. The third-order valence-electron chi connectivity index (χ3n) is 5.00. The Morgan fingerprint density at radius 2 is 1.84 bits per heavy atom. The maximum Gasteiger partial charge on any atom is 0.243 e. The number of carbonyl (C=O) groups excluding carboxylic acids is 2. The Morgan fingerprint density at radius 3 is 2.48 bits per heavy atom. The summed E-state index contributed by atoms with van der Waals surface area (Å²) in [6.45, 7) is 1.61. The van der Waals surface area contributed by atoms with Gasteiger partial charge in [-0.3, -0.25) is 9.59 Å². The number of sulfonamides is 1. The van der Waals surface area contributed by atoms with Crippen LogP contribution in [0.3, 0.4) is 0 Å². The molecule has 166 valence electrons. The maximum absolute atomic E-state index is 14.1. The second-order valence-electron chi connectivity index (χ2n) is 7.24. The first-order valence-corrected chi connectivity index (χ1v) is 11.2. The number of hydrogen-bond donors (Lipinski definition) is 2. The predicted octanol–water partition coefficient (Wildman–Crippen LogP) is 2.83. The number of hydrogen-bond acceptors (Lipinski definition) is 5. The normalized spacial score (nSPS) is 17.1. The zero-order valence-electron chi connectivity index (χ0n) is 17.2. The molecular formula is C21H24FN3O5S. The average molecular weight is 450 g/mol. The highest BCUT2D eigenvalue weighted by Crippen LogP contribution is 2.27. The molecule has 0 aliphatic carbocycles. The fourth-order valence-electron chi connectivity index (χ4n) is 3.41. The minimum atomic E-state index is -3.78. The van der Waals surface area contributed by atoms with E-state index in [1.807, 2.05) is 0 Å². The van der Waals surface area contributed by atoms with Crippen molar-refractivity contribution in [2.45, 2.75) is 24.7 Å². The zero-order chi connectivity index (χ0) is 22.6. The first-order valence-electron chi connectivity index (χ1n) is 9.73. The van der Waals surface area contributed by atoms with Gasteiger partial charge in [-0.2, -0.15) is 4.31 Å². The van der Waals surface area contributed by atoms with Crippen LogP contribution in [0.4, 0.5) is 15.8 Å². The van der Waals surface area contributed by atoms with Gasteiger partial charge in [-0.15, -0.1) is 0 Å². The predicted molar refractivity (Wildman–Crippen MR) is 114 cm³/mol. The molecule has 1 saturated heterocycles. The highest BCUT2D eigenvalue weighted by Gasteiger charge is 2.33. The van der Waals surface area contributed by atoms with Gasteiger partial charge in [0.2, 0.25) is 21.8 Å². The number of amides is 2. The molecule has 1 fully saturated rings. The first-order chi connectivity index (χ1) is 14.7. The smallest absolute Gasteiger partial charge is 0.243 e. The summed E-state index contributed by atoms with van der Waals surface area (Å²) < 4.78 is 46.4. The van der Waals surface area contributed by atoms with Gasteiger partial charge < -0.3 is 15.4 Å². The van der Waals surface area contributed by atoms with Gasteiger partial charge in [0.25, 0.3) is 0 Å². The fourth-order valence-corrected chi connectivity index (χ4v) is 4.93. The van der Waals surface area contributed by atoms with Crippen molar-refractivity contribution in [2.75, 3.05) is 30.8 Å². The molecule has 0 spiro atoms. The number of piperidine rings is 1. The summed E-state index contributed by atoms with van der Waals surface area (Å²) in [4.78, 5) is 24.1. The van der Waals surface area contributed by atoms with Crippen molar-refractivity contribution in [3.63, 3.8) is 0 Å². The van der Waals surface area contributed by atoms with E-state index < -0.39 is 27.7 Å². The topological polar surface area (TPSA) is 105 Å². The van der Waals surface area contributed by atoms with Crippen LogP contribution in [-0.2, 0) is 19.6 Å². The summed E-state index contributed by atoms with van der Waals surface area (Å²) >= 11 is 0. The SMILES string of the molecule is COc1ccc(S(=O)(=O)N2CCCC(C(=O)Nc3cc(NC(C)=O)ccc3F)C2)cc1. The highest BCUT2D eigenvalue weighted by molar-refractivity contribution is 7.89. The van der Waals surface area contributed by atoms with Crippen molar-refractivity contribution in [3.05, 3.63) is 48.3 Å². The van der Waals surface area contributed by atoms with E-state index in [9.17, 15) is 22.4 Å². The monoisotopic (exact) mass is 449 g/mol. The molecule has 10 heteroatoms. The molecule has 2 aromatic carbocycles. The number of halogens is 1. The largest absolute Gasteiger partial charge is 0.497 e. The van der Waals surface area contributed by atoms with E-state index >= 15 is 0 Å². The Morgan fingerprint density at radius 1 is 1.13 bits per heavy atom. The summed E-state index contributed by atoms with van der Waals surface area (Å²) in [6, 6.07) is 9.89. The summed E-state index contributed by atoms with van der Waals surface area (Å²) in [6.07, 6.45) is 0.982. The van der Waals surface area contributed by atoms with E-state index in [1.54, 1.807) is 12.1 Å². The van der Waals surface area contributed by atoms with Gasteiger partial charge in [-0.25, -0.2) is 12.8 Å². The van der Waals surface area contributed by atoms with Gasteiger partial charge in [0.1, 0.15) is 11.6 Å². The second kappa shape index (κ2) is 9.44. The molecule has 1 atom stereocenters. The van der Waals surface area contributed by atoms with Crippen LogP contribution >= 0.6 is 0 Å². The minimum Gasteiger partial charge on any atom is -0.497 e. The number of carbonyl (C=O) groups is 2. The van der Waals surface area contributed by atoms with Crippen LogP contribution in [0, 0.1) is 11.7 Å². The summed E-state index contributed by atoms with van der Waals surface area (Å²) in [7, 11) is -2.29. The first kappa shape index (κ1) is 22.7. The number of nitrogens with zero attached hydrogens (tertiary/aromatic N) is 1. The molecular weight excluding hydrogens is 425 g/mol. The highest BCUT2D eigenvalue weighted by atomic mass is 32.2. The van der Waals surface area contributed by atoms with Gasteiger partial charge in [-0.05, 0) is 55.3 Å². The van der Waals surface area contributed by atoms with E-state index in [0.717, 1.165) is 6.07 Å². The second-order valence-corrected chi connectivity index (χ2v) is 9.18. The van der Waals surface area contributed by atoms with Crippen molar-refractivity contribution < 1.29 is 27.1 Å². The fraction of sp³-hybridized carbons (Fsp3) is 0.333. The van der Waals surface area contributed by atoms with Crippen molar-refractivity contribution in [2.24, 2.45) is 5.92 Å². The maximum atomic E-state index is 14.1. The summed E-state index contributed by atoms with van der Waals surface area (Å²) in [5, 5.41) is 5.04. The third-order valence-corrected chi connectivity index (χ3v) is 6.88. The molecule has 0 bridgehead atoms. The zero-order valence-corrected chi connectivity index (χ0v) is 18.0. The van der Waals surface area contributed by atoms with Gasteiger partial charge >= 0.3 is 0 Å². The molecule has 1 aliphatic heterocycles. The molecule has 31 heavy (non-hydrogen) atoms. The van der Waals surface area contributed by atoms with Crippen LogP contribution in [0.2, 0.25) is 0 Å². The van der Waals surface area contributed by atoms with Crippen LogP contribution in [0.5, 0.6) is 5.75 Å². The van der Waals surface area contributed by atoms with Crippen LogP contribution in [-0.4, -0.2) is 44.7 Å². The molecule has 0 aromatic heterocycles. The summed E-state index contributed by atoms with van der Waals surface area (Å²) in [5.41, 5.74) is 0.267. The van der Waals surface area contributed by atoms with Gasteiger partial charge in [-0.1, -0.05) is 0 Å². The molecule has 2 N–H and O–H groups in total. The molecule has 3 rings (SSSR count). The van der Waals surface area contributed by atoms with Gasteiger partial charge in [0, 0.05) is 25.7 Å². The molecule has 0 saturated carbocycles. The molecule has 2 amide bonds. The standard InChI is InChI=1S/C21H24FN3O5S/c1-14(26)23-16-5-10-19(22)20(12-16)24-21(27)15-4-3-11-25(13-15)31(28,29)18-8-6-17(30-2)7-9-18/h5-10,12,15H,3-4,11,13H2,1-2H3,(H,23,26)(H,24,27). The number of benzene rings is 2. The average Bonchev–Trinajstić information content (AvgIpc) is 2.75. The number of methoxy groups -OCH3 is 1. The number of nitrogens with one attached hydrogen (secondary N) is 2. The lowest BCUT2D eigenvalue weighted by atomic mass is 9.98. The van der Waals surface area contributed by atoms with Crippen molar-refractivity contribution in [3.8, 4) is 5.75 Å². The van der Waals surface area contributed by atoms with Crippen LogP contribution in [0.25, 0.3) is 0 Å². The van der Waals surface area contributed by atoms with Crippen molar-refractivity contribution >= 4 is 33.2 Å². The quantitative estimate of drug-likeness (QED) is 0.706. The molecule has 2 aromatic rings. The van der Waals surface area contributed by atoms with Crippen LogP contribution < -0.4 is 15.4 Å². The molecule has 1 unspecified atom stereocenters. The molecule has 0 radical (unpaired) electrons. The van der Waals surface area contributed by atoms with E-state index in [2.05, 4.69) is 10.6 Å². The van der Waals surface area contributed by atoms with Gasteiger partial charge in [0.15, 0.2) is 0 Å². The Labute approximate surface area is 180 Å². The lowest BCUT2D eigenvalue weighted by molar-refractivity contribution is -0.121. The molecule has 1 heterocycles. The lowest BCUT2D eigenvalue weighted by Crippen LogP contribution is -2.43. The third kappa shape index (κ3) is 5.39. The van der Waals surface area contributed by atoms with Gasteiger partial charge in [0.05, 0.1) is 23.6 Å². The number of ether oxygens (including phenoxy) is 1. The van der Waals surface area contributed by atoms with E-state index in [1.165, 1.54) is 42.6 Å². The lowest BCUT2D eigenvalue weighted by Gasteiger charge is -2.31. The van der Waals surface area contributed by atoms with Crippen molar-refractivity contribution in [1.82, 2.24) is 4.31 Å². The Hall–Kier alpha value is -2.98. The summed E-state index contributed by atoms with van der Waals surface area (Å²) in [5.74, 6) is -1.55. The molecule has 1 aliphatic rings. The Bertz CT molecular complexity index is 1070. The molecule has 8 nitrogen and oxygen atoms in total. The Balaban J connectivity index is 1.72. The van der Waals surface area contributed by atoms with Crippen LogP contribution in [0.15, 0.2) is 47.4 Å². The van der Waals surface area contributed by atoms with Crippen LogP contribution in [0.1, 0.15) is 19.8 Å². The van der Waals surface area contributed by atoms with E-state index in [0.29, 0.717) is 30.8 Å². The minimum absolute atomic E-state index is 0.00674. The van der Waals surface area contributed by atoms with E-state index in [-0.39, 0.29) is 23.0 Å². The van der Waals surface area contributed by atoms with E-state index in [4.69, 9.17) is 4.74 Å².